The van der Waals surface area contributed by atoms with Gasteiger partial charge in [-0.2, -0.15) is 0 Å². The Morgan fingerprint density at radius 2 is 2.44 bits per heavy atom. The van der Waals surface area contributed by atoms with Crippen molar-refractivity contribution >= 4 is 11.8 Å². The summed E-state index contributed by atoms with van der Waals surface area (Å²) in [6.07, 6.45) is 4.23. The molecule has 0 saturated carbocycles. The number of imidazole rings is 1. The Balaban J connectivity index is 2.67. The largest absolute Gasteiger partial charge is 0.466 e. The van der Waals surface area contributed by atoms with Crippen molar-refractivity contribution < 1.29 is 14.5 Å². The number of carbonyl (C=O) groups excluding carboxylic acids is 1. The first-order valence-electron chi connectivity index (χ1n) is 4.46. The molecule has 0 spiro atoms. The number of methoxy groups -OCH3 is 1. The van der Waals surface area contributed by atoms with Crippen LogP contribution in [0.5, 0.6) is 0 Å². The van der Waals surface area contributed by atoms with E-state index in [0.717, 1.165) is 0 Å². The summed E-state index contributed by atoms with van der Waals surface area (Å²) in [6.45, 7) is 1.94. The van der Waals surface area contributed by atoms with Gasteiger partial charge in [0.25, 0.3) is 0 Å². The summed E-state index contributed by atoms with van der Waals surface area (Å²) < 4.78 is 6.01. The minimum absolute atomic E-state index is 0.218. The number of nitro groups is 1. The maximum absolute atomic E-state index is 11.0. The van der Waals surface area contributed by atoms with Gasteiger partial charge in [-0.1, -0.05) is 6.08 Å². The van der Waals surface area contributed by atoms with Crippen molar-refractivity contribution in [2.45, 2.75) is 13.5 Å². The Hall–Kier alpha value is -2.18. The summed E-state index contributed by atoms with van der Waals surface area (Å²) in [5, 5.41) is 10.3. The van der Waals surface area contributed by atoms with Crippen molar-refractivity contribution in [1.29, 1.82) is 0 Å². The molecule has 0 fully saturated rings. The molecule has 1 heterocycles. The second kappa shape index (κ2) is 5.06. The molecule has 16 heavy (non-hydrogen) atoms. The van der Waals surface area contributed by atoms with Gasteiger partial charge in [0.1, 0.15) is 6.20 Å². The molecule has 0 aliphatic carbocycles. The van der Waals surface area contributed by atoms with Crippen LogP contribution in [-0.2, 0) is 16.1 Å². The minimum atomic E-state index is -0.576. The lowest BCUT2D eigenvalue weighted by Gasteiger charge is -1.98. The van der Waals surface area contributed by atoms with Crippen molar-refractivity contribution in [3.63, 3.8) is 0 Å². The highest BCUT2D eigenvalue weighted by molar-refractivity contribution is 5.87. The van der Waals surface area contributed by atoms with E-state index in [1.54, 1.807) is 13.0 Å². The van der Waals surface area contributed by atoms with Crippen LogP contribution in [-0.4, -0.2) is 27.6 Å². The van der Waals surface area contributed by atoms with Crippen LogP contribution in [0.3, 0.4) is 0 Å². The smallest absolute Gasteiger partial charge is 0.381 e. The van der Waals surface area contributed by atoms with E-state index in [1.165, 1.54) is 24.2 Å². The number of nitrogens with zero attached hydrogens (tertiary/aromatic N) is 3. The van der Waals surface area contributed by atoms with E-state index in [0.29, 0.717) is 12.1 Å². The average molecular weight is 225 g/mol. The zero-order chi connectivity index (χ0) is 12.1. The van der Waals surface area contributed by atoms with Gasteiger partial charge in [-0.05, 0) is 16.8 Å². The first-order chi connectivity index (χ1) is 7.54. The van der Waals surface area contributed by atoms with Crippen LogP contribution in [0.2, 0.25) is 0 Å². The molecule has 0 bridgehead atoms. The highest BCUT2D eigenvalue weighted by Gasteiger charge is 2.09. The van der Waals surface area contributed by atoms with Gasteiger partial charge in [0, 0.05) is 12.1 Å². The van der Waals surface area contributed by atoms with E-state index < -0.39 is 10.9 Å². The Bertz CT molecular complexity index is 436. The van der Waals surface area contributed by atoms with E-state index in [1.807, 2.05) is 0 Å². The predicted molar refractivity (Wildman–Crippen MR) is 54.7 cm³/mol. The van der Waals surface area contributed by atoms with Gasteiger partial charge in [-0.15, -0.1) is 0 Å². The molecule has 0 radical (unpaired) electrons. The molecule has 7 nitrogen and oxygen atoms in total. The number of hydrogen-bond acceptors (Lipinski definition) is 5. The average Bonchev–Trinajstić information content (AvgIpc) is 2.73. The molecule has 0 atom stereocenters. The zero-order valence-corrected chi connectivity index (χ0v) is 8.91. The quantitative estimate of drug-likeness (QED) is 0.329. The van der Waals surface area contributed by atoms with E-state index in [9.17, 15) is 14.9 Å². The zero-order valence-electron chi connectivity index (χ0n) is 8.91. The topological polar surface area (TPSA) is 87.3 Å². The molecule has 1 aromatic rings. The molecule has 86 valence electrons. The van der Waals surface area contributed by atoms with Gasteiger partial charge in [0.05, 0.1) is 7.11 Å². The van der Waals surface area contributed by atoms with Crippen LogP contribution < -0.4 is 0 Å². The van der Waals surface area contributed by atoms with Gasteiger partial charge in [0.15, 0.2) is 0 Å². The molecule has 0 aliphatic heterocycles. The number of allylic oxidation sites excluding steroid dienone is 1. The third-order valence-electron chi connectivity index (χ3n) is 1.92. The highest BCUT2D eigenvalue weighted by atomic mass is 16.6. The lowest BCUT2D eigenvalue weighted by atomic mass is 10.3. The molecule has 0 saturated heterocycles. The van der Waals surface area contributed by atoms with Crippen LogP contribution >= 0.6 is 0 Å². The molecular formula is C9H11N3O4. The fourth-order valence-electron chi connectivity index (χ4n) is 1.03. The molecule has 7 heteroatoms. The van der Waals surface area contributed by atoms with Crippen LogP contribution in [0.15, 0.2) is 24.2 Å². The third kappa shape index (κ3) is 2.91. The number of hydrogen-bond donors (Lipinski definition) is 0. The molecular weight excluding hydrogens is 214 g/mol. The van der Waals surface area contributed by atoms with Crippen LogP contribution in [0.4, 0.5) is 5.82 Å². The summed E-state index contributed by atoms with van der Waals surface area (Å²) in [7, 11) is 1.29. The van der Waals surface area contributed by atoms with Gasteiger partial charge in [-0.3, -0.25) is 0 Å². The normalized spacial score (nSPS) is 11.2. The van der Waals surface area contributed by atoms with Crippen LogP contribution in [0, 0.1) is 10.1 Å². The monoisotopic (exact) mass is 225 g/mol. The molecule has 1 rings (SSSR count). The Kier molecular flexibility index (Phi) is 3.76. The summed E-state index contributed by atoms with van der Waals surface area (Å²) in [4.78, 5) is 24.4. The number of ether oxygens (including phenoxy) is 1. The van der Waals surface area contributed by atoms with E-state index in [4.69, 9.17) is 0 Å². The second-order valence-corrected chi connectivity index (χ2v) is 3.06. The molecule has 1 aromatic heterocycles. The first-order valence-corrected chi connectivity index (χ1v) is 4.46. The molecule has 0 unspecified atom stereocenters. The molecule has 0 N–H and O–H groups in total. The summed E-state index contributed by atoms with van der Waals surface area (Å²) in [5.41, 5.74) is 0.443. The third-order valence-corrected chi connectivity index (χ3v) is 1.92. The maximum atomic E-state index is 11.0. The van der Waals surface area contributed by atoms with E-state index >= 15 is 0 Å². The Morgan fingerprint density at radius 3 is 2.94 bits per heavy atom. The number of carbonyl (C=O) groups is 1. The van der Waals surface area contributed by atoms with Gasteiger partial charge >= 0.3 is 11.8 Å². The SMILES string of the molecule is COC(=O)C(C)=CCn1cnc([N+](=O)[O-])c1. The maximum Gasteiger partial charge on any atom is 0.381 e. The molecule has 0 aromatic carbocycles. The lowest BCUT2D eigenvalue weighted by Crippen LogP contribution is -2.03. The first kappa shape index (κ1) is 11.9. The fraction of sp³-hybridized carbons (Fsp3) is 0.333. The second-order valence-electron chi connectivity index (χ2n) is 3.06. The van der Waals surface area contributed by atoms with Gasteiger partial charge < -0.3 is 19.4 Å². The van der Waals surface area contributed by atoms with E-state index in [-0.39, 0.29) is 5.82 Å². The van der Waals surface area contributed by atoms with Crippen molar-refractivity contribution in [1.82, 2.24) is 9.55 Å². The molecule has 0 aliphatic rings. The summed E-state index contributed by atoms with van der Waals surface area (Å²) in [5.74, 6) is -0.640. The predicted octanol–water partition coefficient (Wildman–Crippen LogP) is 0.911. The Morgan fingerprint density at radius 1 is 1.75 bits per heavy atom. The van der Waals surface area contributed by atoms with Gasteiger partial charge in [-0.25, -0.2) is 4.79 Å². The van der Waals surface area contributed by atoms with E-state index in [2.05, 4.69) is 9.72 Å². The molecule has 0 amide bonds. The minimum Gasteiger partial charge on any atom is -0.466 e. The van der Waals surface area contributed by atoms with Crippen molar-refractivity contribution in [2.24, 2.45) is 0 Å². The Labute approximate surface area is 91.5 Å². The fourth-order valence-corrected chi connectivity index (χ4v) is 1.03. The van der Waals surface area contributed by atoms with Gasteiger partial charge in [0.2, 0.25) is 6.33 Å². The number of esters is 1. The highest BCUT2D eigenvalue weighted by Crippen LogP contribution is 2.06. The van der Waals surface area contributed by atoms with Crippen molar-refractivity contribution in [3.05, 3.63) is 34.3 Å². The van der Waals surface area contributed by atoms with Crippen LogP contribution in [0.25, 0.3) is 0 Å². The van der Waals surface area contributed by atoms with Crippen LogP contribution in [0.1, 0.15) is 6.92 Å². The van der Waals surface area contributed by atoms with Crippen molar-refractivity contribution in [3.8, 4) is 0 Å². The summed E-state index contributed by atoms with van der Waals surface area (Å²) in [6, 6.07) is 0. The number of aromatic nitrogens is 2. The standard InChI is InChI=1S/C9H11N3O4/c1-7(9(13)16-2)3-4-11-5-8(10-6-11)12(14)15/h3,5-6H,4H2,1-2H3. The lowest BCUT2D eigenvalue weighted by molar-refractivity contribution is -0.389. The van der Waals surface area contributed by atoms with Crippen molar-refractivity contribution in [2.75, 3.05) is 7.11 Å². The number of rotatable bonds is 4. The summed E-state index contributed by atoms with van der Waals surface area (Å²) >= 11 is 0.